The topological polar surface area (TPSA) is 91.7 Å². The maximum Gasteiger partial charge on any atom is 0.248 e. The number of aromatic nitrogens is 2. The van der Waals surface area contributed by atoms with Gasteiger partial charge in [0.25, 0.3) is 0 Å². The normalized spacial score (nSPS) is 22.6. The Hall–Kier alpha value is -3.45. The highest BCUT2D eigenvalue weighted by molar-refractivity contribution is 5.95. The molecule has 1 N–H and O–H groups in total. The maximum atomic E-state index is 12.0. The van der Waals surface area contributed by atoms with Crippen LogP contribution in [-0.2, 0) is 11.3 Å². The molecule has 5 heterocycles. The van der Waals surface area contributed by atoms with E-state index in [4.69, 9.17) is 9.72 Å². The van der Waals surface area contributed by atoms with Crippen LogP contribution in [0.3, 0.4) is 0 Å². The smallest absolute Gasteiger partial charge is 0.248 e. The van der Waals surface area contributed by atoms with Gasteiger partial charge >= 0.3 is 0 Å². The van der Waals surface area contributed by atoms with Gasteiger partial charge in [0.15, 0.2) is 0 Å². The number of nitriles is 1. The van der Waals surface area contributed by atoms with Crippen molar-refractivity contribution in [2.24, 2.45) is 0 Å². The Morgan fingerprint density at radius 1 is 1.03 bits per heavy atom. The zero-order chi connectivity index (χ0) is 26.2. The quantitative estimate of drug-likeness (QED) is 0.556. The number of nitrogens with zero attached hydrogens (tertiary/aromatic N) is 6. The lowest BCUT2D eigenvalue weighted by Gasteiger charge is -2.48. The summed E-state index contributed by atoms with van der Waals surface area (Å²) in [5, 5.41) is 10.5. The van der Waals surface area contributed by atoms with Crippen LogP contribution < -0.4 is 15.4 Å². The number of ether oxygens (including phenoxy) is 1. The lowest BCUT2D eigenvalue weighted by Crippen LogP contribution is -2.62. The number of pyridine rings is 2. The third-order valence-electron chi connectivity index (χ3n) is 8.49. The highest BCUT2D eigenvalue weighted by atomic mass is 16.5. The van der Waals surface area contributed by atoms with Crippen LogP contribution in [0.25, 0.3) is 10.9 Å². The van der Waals surface area contributed by atoms with Gasteiger partial charge in [-0.05, 0) is 43.2 Å². The second-order valence-corrected chi connectivity index (χ2v) is 10.7. The van der Waals surface area contributed by atoms with Crippen molar-refractivity contribution in [3.05, 3.63) is 63.6 Å². The number of anilines is 2. The first-order valence-corrected chi connectivity index (χ1v) is 13.5. The highest BCUT2D eigenvalue weighted by Crippen LogP contribution is 2.30. The number of benzene rings is 1. The summed E-state index contributed by atoms with van der Waals surface area (Å²) in [6, 6.07) is 14.3. The molecule has 3 aromatic rings. The second kappa shape index (κ2) is 10.4. The molecule has 198 valence electrons. The van der Waals surface area contributed by atoms with Crippen molar-refractivity contribution < 1.29 is 4.74 Å². The first kappa shape index (κ1) is 24.9. The van der Waals surface area contributed by atoms with E-state index in [0.29, 0.717) is 23.2 Å². The van der Waals surface area contributed by atoms with E-state index in [1.807, 2.05) is 18.2 Å². The number of aryl methyl sites for hydroxylation is 1. The Bertz CT molecular complexity index is 1430. The molecule has 9 heteroatoms. The van der Waals surface area contributed by atoms with Crippen LogP contribution in [0.5, 0.6) is 0 Å². The molecule has 3 fully saturated rings. The van der Waals surface area contributed by atoms with Gasteiger partial charge in [-0.25, -0.2) is 4.98 Å². The number of aromatic amines is 1. The number of likely N-dealkylation sites (tertiary alicyclic amines) is 1. The average molecular weight is 514 g/mol. The summed E-state index contributed by atoms with van der Waals surface area (Å²) in [6.45, 7) is 10.8. The van der Waals surface area contributed by atoms with E-state index >= 15 is 0 Å². The van der Waals surface area contributed by atoms with Crippen molar-refractivity contribution in [1.82, 2.24) is 19.8 Å². The lowest BCUT2D eigenvalue weighted by molar-refractivity contribution is 0.107. The fourth-order valence-corrected chi connectivity index (χ4v) is 6.28. The van der Waals surface area contributed by atoms with Gasteiger partial charge in [-0.3, -0.25) is 14.6 Å². The number of rotatable bonds is 5. The molecule has 3 saturated heterocycles. The van der Waals surface area contributed by atoms with E-state index in [9.17, 15) is 10.1 Å². The predicted molar refractivity (Wildman–Crippen MR) is 149 cm³/mol. The third kappa shape index (κ3) is 4.75. The monoisotopic (exact) mass is 513 g/mol. The molecule has 0 amide bonds. The summed E-state index contributed by atoms with van der Waals surface area (Å²) in [5.41, 5.74) is 4.40. The minimum Gasteiger partial charge on any atom is -0.380 e. The molecule has 38 heavy (non-hydrogen) atoms. The average Bonchev–Trinajstić information content (AvgIpc) is 3.40. The van der Waals surface area contributed by atoms with E-state index in [0.717, 1.165) is 87.9 Å². The van der Waals surface area contributed by atoms with Crippen LogP contribution in [0.2, 0.25) is 0 Å². The highest BCUT2D eigenvalue weighted by Gasteiger charge is 2.33. The van der Waals surface area contributed by atoms with Gasteiger partial charge in [-0.15, -0.1) is 0 Å². The summed E-state index contributed by atoms with van der Waals surface area (Å²) in [4.78, 5) is 29.7. The second-order valence-electron chi connectivity index (χ2n) is 10.7. The number of fused-ring (bicyclic) bond motifs is 2. The minimum atomic E-state index is -0.188. The molecule has 1 aromatic carbocycles. The molecular weight excluding hydrogens is 478 g/mol. The van der Waals surface area contributed by atoms with Gasteiger partial charge in [0.2, 0.25) is 5.56 Å². The molecule has 9 nitrogen and oxygen atoms in total. The van der Waals surface area contributed by atoms with E-state index in [1.54, 1.807) is 13.2 Å². The van der Waals surface area contributed by atoms with Crippen molar-refractivity contribution in [3.63, 3.8) is 0 Å². The summed E-state index contributed by atoms with van der Waals surface area (Å²) in [5.74, 6) is 1.06. The van der Waals surface area contributed by atoms with Crippen molar-refractivity contribution >= 4 is 22.4 Å². The molecule has 2 atom stereocenters. The number of hydrogen-bond donors (Lipinski definition) is 1. The Kier molecular flexibility index (Phi) is 6.78. The summed E-state index contributed by atoms with van der Waals surface area (Å²) >= 11 is 0. The molecule has 3 aliphatic heterocycles. The van der Waals surface area contributed by atoms with Crippen LogP contribution >= 0.6 is 0 Å². The van der Waals surface area contributed by atoms with Crippen LogP contribution in [-0.4, -0.2) is 91.4 Å². The van der Waals surface area contributed by atoms with Crippen molar-refractivity contribution in [2.45, 2.75) is 32.0 Å². The van der Waals surface area contributed by atoms with Gasteiger partial charge in [0.1, 0.15) is 11.9 Å². The van der Waals surface area contributed by atoms with E-state index < -0.39 is 0 Å². The summed E-state index contributed by atoms with van der Waals surface area (Å²) in [7, 11) is 1.80. The van der Waals surface area contributed by atoms with Crippen LogP contribution in [0.1, 0.15) is 23.2 Å². The first-order valence-electron chi connectivity index (χ1n) is 13.5. The Labute approximate surface area is 223 Å². The van der Waals surface area contributed by atoms with Crippen LogP contribution in [0, 0.1) is 18.3 Å². The Balaban J connectivity index is 1.17. The number of nitrogens with one attached hydrogen (secondary N) is 1. The molecule has 0 saturated carbocycles. The van der Waals surface area contributed by atoms with E-state index in [-0.39, 0.29) is 5.56 Å². The summed E-state index contributed by atoms with van der Waals surface area (Å²) in [6.07, 6.45) is 1.44. The van der Waals surface area contributed by atoms with E-state index in [1.165, 1.54) is 5.56 Å². The van der Waals surface area contributed by atoms with Crippen molar-refractivity contribution in [2.75, 3.05) is 69.3 Å². The zero-order valence-electron chi connectivity index (χ0n) is 22.2. The molecule has 6 rings (SSSR count). The van der Waals surface area contributed by atoms with Gasteiger partial charge < -0.3 is 19.5 Å². The number of hydrogen-bond acceptors (Lipinski definition) is 8. The van der Waals surface area contributed by atoms with Gasteiger partial charge in [0.05, 0.1) is 17.2 Å². The third-order valence-corrected chi connectivity index (χ3v) is 8.49. The molecule has 0 radical (unpaired) electrons. The molecule has 0 spiro atoms. The lowest BCUT2D eigenvalue weighted by atomic mass is 10.0. The Morgan fingerprint density at radius 3 is 2.61 bits per heavy atom. The molecule has 2 unspecified atom stereocenters. The fourth-order valence-electron chi connectivity index (χ4n) is 6.28. The minimum absolute atomic E-state index is 0.188. The Morgan fingerprint density at radius 2 is 1.84 bits per heavy atom. The molecule has 3 aliphatic rings. The number of methoxy groups -OCH3 is 1. The largest absolute Gasteiger partial charge is 0.380 e. The zero-order valence-corrected chi connectivity index (χ0v) is 22.2. The SMILES string of the molecule is COC1CCN(Cc2ccc(N3CCN4CCN(c5ccc(C#N)c6[nH]c(=O)ccc56)CC4C3)nc2C)C1. The first-order chi connectivity index (χ1) is 18.5. The number of piperazine rings is 2. The molecule has 0 bridgehead atoms. The summed E-state index contributed by atoms with van der Waals surface area (Å²) < 4.78 is 5.52. The maximum absolute atomic E-state index is 12.0. The van der Waals surface area contributed by atoms with Crippen molar-refractivity contribution in [3.8, 4) is 6.07 Å². The van der Waals surface area contributed by atoms with Crippen LogP contribution in [0.15, 0.2) is 41.2 Å². The van der Waals surface area contributed by atoms with E-state index in [2.05, 4.69) is 49.7 Å². The predicted octanol–water partition coefficient (Wildman–Crippen LogP) is 2.33. The van der Waals surface area contributed by atoms with Gasteiger partial charge in [-0.1, -0.05) is 6.07 Å². The molecular formula is C29H35N7O2. The van der Waals surface area contributed by atoms with Gasteiger partial charge in [0, 0.05) is 94.9 Å². The standard InChI is InChI=1S/C29H35N7O2/c1-20-22(16-33-10-9-24(19-33)38-2)4-7-27(31-20)36-14-12-34-11-13-35(17-23(34)18-36)26-6-3-21(15-30)29-25(26)5-8-28(37)32-29/h3-8,23-24H,9-14,16-19H2,1-2H3,(H,32,37). The van der Waals surface area contributed by atoms with Gasteiger partial charge in [-0.2, -0.15) is 5.26 Å². The van der Waals surface area contributed by atoms with Crippen molar-refractivity contribution in [1.29, 1.82) is 5.26 Å². The number of H-pyrrole nitrogens is 1. The fraction of sp³-hybridized carbons (Fsp3) is 0.483. The molecule has 2 aromatic heterocycles. The molecule has 0 aliphatic carbocycles. The van der Waals surface area contributed by atoms with Crippen LogP contribution in [0.4, 0.5) is 11.5 Å².